The minimum Gasteiger partial charge on any atom is -0.353 e. The molecule has 0 saturated heterocycles. The fourth-order valence-electron chi connectivity index (χ4n) is 1.48. The largest absolute Gasteiger partial charge is 0.353 e. The number of imidazole rings is 1. The lowest BCUT2D eigenvalue weighted by Crippen LogP contribution is -2.27. The lowest BCUT2D eigenvalue weighted by Gasteiger charge is -2.10. The van der Waals surface area contributed by atoms with E-state index in [2.05, 4.69) is 30.1 Å². The van der Waals surface area contributed by atoms with Gasteiger partial charge in [0.05, 0.1) is 6.42 Å². The van der Waals surface area contributed by atoms with Crippen molar-refractivity contribution in [1.29, 1.82) is 0 Å². The standard InChI is InChI=1S/C12H17N3O/c1-4-5-11(16)13-6-8-15-9-7-14-12(15)10(2)3/h1,7,9-10H,5-6,8H2,2-3H3,(H,13,16). The third-order valence-corrected chi connectivity index (χ3v) is 2.20. The normalized spacial score (nSPS) is 10.1. The van der Waals surface area contributed by atoms with E-state index < -0.39 is 0 Å². The molecule has 0 fully saturated rings. The number of aromatic nitrogens is 2. The van der Waals surface area contributed by atoms with E-state index in [1.807, 2.05) is 10.8 Å². The van der Waals surface area contributed by atoms with Crippen LogP contribution in [0.15, 0.2) is 12.4 Å². The van der Waals surface area contributed by atoms with E-state index in [9.17, 15) is 4.79 Å². The van der Waals surface area contributed by atoms with Gasteiger partial charge in [0, 0.05) is 31.4 Å². The zero-order valence-corrected chi connectivity index (χ0v) is 9.73. The van der Waals surface area contributed by atoms with Crippen molar-refractivity contribution in [2.45, 2.75) is 32.7 Å². The number of nitrogens with one attached hydrogen (secondary N) is 1. The number of amides is 1. The van der Waals surface area contributed by atoms with Gasteiger partial charge in [-0.2, -0.15) is 0 Å². The maximum Gasteiger partial charge on any atom is 0.232 e. The molecule has 0 unspecified atom stereocenters. The van der Waals surface area contributed by atoms with Crippen LogP contribution in [0.25, 0.3) is 0 Å². The van der Waals surface area contributed by atoms with Gasteiger partial charge in [0.1, 0.15) is 5.82 Å². The summed E-state index contributed by atoms with van der Waals surface area (Å²) < 4.78 is 2.04. The van der Waals surface area contributed by atoms with Gasteiger partial charge >= 0.3 is 0 Å². The van der Waals surface area contributed by atoms with Crippen molar-refractivity contribution in [3.8, 4) is 12.3 Å². The topological polar surface area (TPSA) is 46.9 Å². The molecule has 1 amide bonds. The van der Waals surface area contributed by atoms with Crippen LogP contribution in [0.2, 0.25) is 0 Å². The van der Waals surface area contributed by atoms with Gasteiger partial charge in [-0.05, 0) is 0 Å². The van der Waals surface area contributed by atoms with E-state index in [0.29, 0.717) is 12.5 Å². The van der Waals surface area contributed by atoms with Gasteiger partial charge in [-0.3, -0.25) is 4.79 Å². The second-order valence-corrected chi connectivity index (χ2v) is 3.86. The Kier molecular flexibility index (Phi) is 4.59. The monoisotopic (exact) mass is 219 g/mol. The molecule has 16 heavy (non-hydrogen) atoms. The highest BCUT2D eigenvalue weighted by Gasteiger charge is 2.06. The lowest BCUT2D eigenvalue weighted by atomic mass is 10.2. The lowest BCUT2D eigenvalue weighted by molar-refractivity contribution is -0.120. The molecular formula is C12H17N3O. The molecule has 0 radical (unpaired) electrons. The molecule has 0 atom stereocenters. The zero-order valence-electron chi connectivity index (χ0n) is 9.73. The van der Waals surface area contributed by atoms with Crippen LogP contribution in [-0.4, -0.2) is 22.0 Å². The van der Waals surface area contributed by atoms with Crippen LogP contribution in [0.3, 0.4) is 0 Å². The van der Waals surface area contributed by atoms with Gasteiger partial charge in [-0.25, -0.2) is 4.98 Å². The number of terminal acetylenes is 1. The molecule has 0 bridgehead atoms. The first-order valence-corrected chi connectivity index (χ1v) is 5.36. The number of nitrogens with zero attached hydrogens (tertiary/aromatic N) is 2. The Morgan fingerprint density at radius 2 is 2.44 bits per heavy atom. The third kappa shape index (κ3) is 3.43. The van der Waals surface area contributed by atoms with Crippen molar-refractivity contribution in [2.75, 3.05) is 6.54 Å². The molecule has 0 aliphatic rings. The van der Waals surface area contributed by atoms with Gasteiger partial charge in [0.15, 0.2) is 0 Å². The first-order chi connectivity index (χ1) is 7.65. The fraction of sp³-hybridized carbons (Fsp3) is 0.500. The summed E-state index contributed by atoms with van der Waals surface area (Å²) in [5.74, 6) is 3.63. The summed E-state index contributed by atoms with van der Waals surface area (Å²) in [5.41, 5.74) is 0. The van der Waals surface area contributed by atoms with Crippen LogP contribution in [0.1, 0.15) is 32.0 Å². The van der Waals surface area contributed by atoms with Crippen LogP contribution < -0.4 is 5.32 Å². The van der Waals surface area contributed by atoms with Crippen LogP contribution in [-0.2, 0) is 11.3 Å². The Hall–Kier alpha value is -1.76. The maximum atomic E-state index is 11.1. The van der Waals surface area contributed by atoms with Gasteiger partial charge in [-0.15, -0.1) is 6.42 Å². The molecule has 4 nitrogen and oxygen atoms in total. The zero-order chi connectivity index (χ0) is 12.0. The molecular weight excluding hydrogens is 202 g/mol. The van der Waals surface area contributed by atoms with Gasteiger partial charge in [0.25, 0.3) is 0 Å². The highest BCUT2D eigenvalue weighted by Crippen LogP contribution is 2.10. The Morgan fingerprint density at radius 3 is 3.06 bits per heavy atom. The molecule has 0 spiro atoms. The average Bonchev–Trinajstić information content (AvgIpc) is 2.66. The molecule has 1 N–H and O–H groups in total. The molecule has 1 heterocycles. The second kappa shape index (κ2) is 5.96. The molecule has 1 aromatic rings. The van der Waals surface area contributed by atoms with Crippen molar-refractivity contribution in [1.82, 2.24) is 14.9 Å². The molecule has 4 heteroatoms. The SMILES string of the molecule is C#CCC(=O)NCCn1ccnc1C(C)C. The Balaban J connectivity index is 2.40. The van der Waals surface area contributed by atoms with E-state index in [0.717, 1.165) is 12.4 Å². The average molecular weight is 219 g/mol. The van der Waals surface area contributed by atoms with Crippen molar-refractivity contribution in [2.24, 2.45) is 0 Å². The summed E-state index contributed by atoms with van der Waals surface area (Å²) >= 11 is 0. The minimum atomic E-state index is -0.103. The molecule has 1 rings (SSSR count). The van der Waals surface area contributed by atoms with Crippen molar-refractivity contribution in [3.63, 3.8) is 0 Å². The Bertz CT molecular complexity index is 387. The minimum absolute atomic E-state index is 0.103. The first kappa shape index (κ1) is 12.3. The van der Waals surface area contributed by atoms with Gasteiger partial charge in [-0.1, -0.05) is 19.8 Å². The van der Waals surface area contributed by atoms with Crippen LogP contribution >= 0.6 is 0 Å². The molecule has 0 aliphatic heterocycles. The van der Waals surface area contributed by atoms with E-state index in [4.69, 9.17) is 6.42 Å². The molecule has 0 saturated carbocycles. The van der Waals surface area contributed by atoms with Crippen LogP contribution in [0, 0.1) is 12.3 Å². The van der Waals surface area contributed by atoms with Crippen molar-refractivity contribution in [3.05, 3.63) is 18.2 Å². The molecule has 1 aromatic heterocycles. The van der Waals surface area contributed by atoms with E-state index in [1.54, 1.807) is 6.20 Å². The quantitative estimate of drug-likeness (QED) is 0.755. The van der Waals surface area contributed by atoms with Crippen molar-refractivity contribution < 1.29 is 4.79 Å². The predicted octanol–water partition coefficient (Wildman–Crippen LogP) is 1.15. The van der Waals surface area contributed by atoms with E-state index in [-0.39, 0.29) is 12.3 Å². The summed E-state index contributed by atoms with van der Waals surface area (Å²) in [6.07, 6.45) is 8.87. The van der Waals surface area contributed by atoms with Crippen molar-refractivity contribution >= 4 is 5.91 Å². The van der Waals surface area contributed by atoms with E-state index in [1.165, 1.54) is 0 Å². The molecule has 0 aliphatic carbocycles. The van der Waals surface area contributed by atoms with Crippen LogP contribution in [0.4, 0.5) is 0 Å². The molecule has 86 valence electrons. The number of hydrogen-bond donors (Lipinski definition) is 1. The summed E-state index contributed by atoms with van der Waals surface area (Å²) in [6, 6.07) is 0. The van der Waals surface area contributed by atoms with Gasteiger partial charge < -0.3 is 9.88 Å². The van der Waals surface area contributed by atoms with Gasteiger partial charge in [0.2, 0.25) is 5.91 Å². The van der Waals surface area contributed by atoms with E-state index >= 15 is 0 Å². The smallest absolute Gasteiger partial charge is 0.232 e. The summed E-state index contributed by atoms with van der Waals surface area (Å²) in [5, 5.41) is 2.76. The first-order valence-electron chi connectivity index (χ1n) is 5.36. The van der Waals surface area contributed by atoms with Crippen LogP contribution in [0.5, 0.6) is 0 Å². The third-order valence-electron chi connectivity index (χ3n) is 2.20. The summed E-state index contributed by atoms with van der Waals surface area (Å²) in [6.45, 7) is 5.49. The highest BCUT2D eigenvalue weighted by atomic mass is 16.1. The number of rotatable bonds is 5. The number of carbonyl (C=O) groups excluding carboxylic acids is 1. The second-order valence-electron chi connectivity index (χ2n) is 3.86. The predicted molar refractivity (Wildman–Crippen MR) is 62.8 cm³/mol. The molecule has 0 aromatic carbocycles. The number of carbonyl (C=O) groups is 1. The maximum absolute atomic E-state index is 11.1. The highest BCUT2D eigenvalue weighted by molar-refractivity contribution is 5.78. The Morgan fingerprint density at radius 1 is 1.69 bits per heavy atom. The summed E-state index contributed by atoms with van der Waals surface area (Å²) in [7, 11) is 0. The number of hydrogen-bond acceptors (Lipinski definition) is 2. The summed E-state index contributed by atoms with van der Waals surface area (Å²) in [4.78, 5) is 15.4. The Labute approximate surface area is 96.1 Å². The fourth-order valence-corrected chi connectivity index (χ4v) is 1.48.